The molecular weight excluding hydrogens is 529 g/mol. The zero-order valence-electron chi connectivity index (χ0n) is 25.3. The number of anilines is 2. The SMILES string of the molecule is CCC[C@H](C)Oc1cc(-n2nc(CC)n(C)c2=O)c(F)cc1C(=O)c1c(C)cc(NC(=O)OC(C)(C)C)c(N)c1C. The van der Waals surface area contributed by atoms with E-state index in [1.165, 1.54) is 10.6 Å². The van der Waals surface area contributed by atoms with Gasteiger partial charge in [0.1, 0.15) is 28.7 Å². The van der Waals surface area contributed by atoms with Gasteiger partial charge in [-0.2, -0.15) is 4.68 Å². The van der Waals surface area contributed by atoms with E-state index in [2.05, 4.69) is 10.4 Å². The maximum Gasteiger partial charge on any atom is 0.412 e. The minimum absolute atomic E-state index is 0.0210. The minimum atomic E-state index is -0.807. The van der Waals surface area contributed by atoms with Gasteiger partial charge in [0, 0.05) is 25.1 Å². The molecule has 10 nitrogen and oxygen atoms in total. The topological polar surface area (TPSA) is 130 Å². The van der Waals surface area contributed by atoms with E-state index in [0.29, 0.717) is 35.5 Å². The first kappa shape index (κ1) is 31.4. The average molecular weight is 570 g/mol. The van der Waals surface area contributed by atoms with Crippen LogP contribution in [0.2, 0.25) is 0 Å². The molecule has 0 fully saturated rings. The van der Waals surface area contributed by atoms with Gasteiger partial charge in [0.2, 0.25) is 0 Å². The summed E-state index contributed by atoms with van der Waals surface area (Å²) in [5.74, 6) is -0.713. The van der Waals surface area contributed by atoms with Crippen molar-refractivity contribution in [3.8, 4) is 11.4 Å². The van der Waals surface area contributed by atoms with E-state index in [4.69, 9.17) is 15.2 Å². The standard InChI is InChI=1S/C30H40FN5O5/c1-10-12-17(4)40-23-15-22(36-29(39)35(9)24(11-2)34-36)20(31)14-19(23)27(37)25-16(3)13-21(26(32)18(25)5)33-28(38)41-30(6,7)8/h13-15,17H,10-12,32H2,1-9H3,(H,33,38)/t17-/m0/s1. The smallest absolute Gasteiger partial charge is 0.412 e. The van der Waals surface area contributed by atoms with Crippen molar-refractivity contribution < 1.29 is 23.5 Å². The maximum absolute atomic E-state index is 15.6. The highest BCUT2D eigenvalue weighted by atomic mass is 19.1. The van der Waals surface area contributed by atoms with Crippen LogP contribution >= 0.6 is 0 Å². The fraction of sp³-hybridized carbons (Fsp3) is 0.467. The normalized spacial score (nSPS) is 12.2. The number of aromatic nitrogens is 3. The third-order valence-electron chi connectivity index (χ3n) is 6.62. The van der Waals surface area contributed by atoms with Crippen molar-refractivity contribution >= 4 is 23.3 Å². The van der Waals surface area contributed by atoms with Gasteiger partial charge >= 0.3 is 11.8 Å². The highest BCUT2D eigenvalue weighted by Crippen LogP contribution is 2.34. The number of hydrogen-bond donors (Lipinski definition) is 2. The van der Waals surface area contributed by atoms with Gasteiger partial charge in [-0.15, -0.1) is 5.10 Å². The number of ketones is 1. The summed E-state index contributed by atoms with van der Waals surface area (Å²) in [5, 5.41) is 6.90. The molecule has 0 saturated carbocycles. The number of rotatable bonds is 9. The number of aryl methyl sites for hydroxylation is 2. The van der Waals surface area contributed by atoms with Crippen molar-refractivity contribution in [2.45, 2.75) is 86.4 Å². The summed E-state index contributed by atoms with van der Waals surface area (Å²) in [6, 6.07) is 3.99. The lowest BCUT2D eigenvalue weighted by molar-refractivity contribution is 0.0636. The van der Waals surface area contributed by atoms with Crippen LogP contribution in [0.4, 0.5) is 20.6 Å². The lowest BCUT2D eigenvalue weighted by Gasteiger charge is -2.22. The quantitative estimate of drug-likeness (QED) is 0.253. The van der Waals surface area contributed by atoms with Crippen molar-refractivity contribution in [3.05, 3.63) is 62.6 Å². The highest BCUT2D eigenvalue weighted by molar-refractivity contribution is 6.14. The lowest BCUT2D eigenvalue weighted by Crippen LogP contribution is -2.27. The monoisotopic (exact) mass is 569 g/mol. The predicted octanol–water partition coefficient (Wildman–Crippen LogP) is 5.62. The molecule has 0 aliphatic heterocycles. The Morgan fingerprint density at radius 3 is 2.39 bits per heavy atom. The molecule has 0 radical (unpaired) electrons. The Bertz CT molecular complexity index is 1530. The van der Waals surface area contributed by atoms with E-state index >= 15 is 4.39 Å². The van der Waals surface area contributed by atoms with Crippen LogP contribution in [-0.2, 0) is 18.2 Å². The van der Waals surface area contributed by atoms with Crippen LogP contribution in [0.15, 0.2) is 23.0 Å². The van der Waals surface area contributed by atoms with Gasteiger partial charge in [-0.1, -0.05) is 20.3 Å². The number of ether oxygens (including phenoxy) is 2. The van der Waals surface area contributed by atoms with Crippen molar-refractivity contribution in [3.63, 3.8) is 0 Å². The maximum atomic E-state index is 15.6. The largest absolute Gasteiger partial charge is 0.490 e. The Kier molecular flexibility index (Phi) is 9.30. The minimum Gasteiger partial charge on any atom is -0.490 e. The van der Waals surface area contributed by atoms with Crippen LogP contribution in [-0.4, -0.2) is 37.9 Å². The van der Waals surface area contributed by atoms with Crippen LogP contribution in [0, 0.1) is 19.7 Å². The number of nitrogen functional groups attached to an aromatic ring is 1. The van der Waals surface area contributed by atoms with Crippen molar-refractivity contribution in [1.29, 1.82) is 0 Å². The van der Waals surface area contributed by atoms with E-state index < -0.39 is 29.0 Å². The number of carbonyl (C=O) groups excluding carboxylic acids is 2. The Morgan fingerprint density at radius 1 is 1.17 bits per heavy atom. The molecule has 1 heterocycles. The van der Waals surface area contributed by atoms with Gasteiger partial charge in [0.15, 0.2) is 5.78 Å². The van der Waals surface area contributed by atoms with E-state index in [1.54, 1.807) is 47.7 Å². The van der Waals surface area contributed by atoms with Gasteiger partial charge in [-0.25, -0.2) is 14.0 Å². The molecule has 1 amide bonds. The molecule has 3 aromatic rings. The number of nitrogens with one attached hydrogen (secondary N) is 1. The summed E-state index contributed by atoms with van der Waals surface area (Å²) in [5.41, 5.74) is 6.62. The predicted molar refractivity (Wildman–Crippen MR) is 157 cm³/mol. The average Bonchev–Trinajstić information content (AvgIpc) is 3.15. The molecule has 11 heteroatoms. The zero-order valence-corrected chi connectivity index (χ0v) is 25.3. The molecule has 3 rings (SSSR count). The van der Waals surface area contributed by atoms with Crippen molar-refractivity contribution in [2.24, 2.45) is 7.05 Å². The molecule has 2 aromatic carbocycles. The van der Waals surface area contributed by atoms with Crippen LogP contribution in [0.3, 0.4) is 0 Å². The fourth-order valence-corrected chi connectivity index (χ4v) is 4.60. The van der Waals surface area contributed by atoms with Gasteiger partial charge in [0.25, 0.3) is 0 Å². The first-order valence-corrected chi connectivity index (χ1v) is 13.7. The number of amides is 1. The molecule has 3 N–H and O–H groups in total. The van der Waals surface area contributed by atoms with Gasteiger partial charge in [-0.05, 0) is 71.2 Å². The van der Waals surface area contributed by atoms with Gasteiger partial charge < -0.3 is 15.2 Å². The fourth-order valence-electron chi connectivity index (χ4n) is 4.60. The Balaban J connectivity index is 2.14. The first-order chi connectivity index (χ1) is 19.1. The van der Waals surface area contributed by atoms with E-state index in [1.807, 2.05) is 20.8 Å². The van der Waals surface area contributed by atoms with Gasteiger partial charge in [-0.3, -0.25) is 14.7 Å². The molecule has 1 aromatic heterocycles. The highest BCUT2D eigenvalue weighted by Gasteiger charge is 2.27. The summed E-state index contributed by atoms with van der Waals surface area (Å²) in [6.45, 7) is 14.3. The van der Waals surface area contributed by atoms with Crippen molar-refractivity contribution in [1.82, 2.24) is 14.3 Å². The number of benzene rings is 2. The molecule has 41 heavy (non-hydrogen) atoms. The second-order valence-corrected chi connectivity index (χ2v) is 11.2. The zero-order chi connectivity index (χ0) is 30.8. The van der Waals surface area contributed by atoms with Crippen LogP contribution in [0.25, 0.3) is 5.69 Å². The molecule has 1 atom stereocenters. The summed E-state index contributed by atoms with van der Waals surface area (Å²) in [4.78, 5) is 39.2. The first-order valence-electron chi connectivity index (χ1n) is 13.7. The van der Waals surface area contributed by atoms with Crippen molar-refractivity contribution in [2.75, 3.05) is 11.1 Å². The van der Waals surface area contributed by atoms with Crippen LogP contribution < -0.4 is 21.5 Å². The van der Waals surface area contributed by atoms with E-state index in [9.17, 15) is 14.4 Å². The molecular formula is C30H40FN5O5. The molecule has 0 spiro atoms. The lowest BCUT2D eigenvalue weighted by atomic mass is 9.92. The molecule has 0 aliphatic carbocycles. The second kappa shape index (κ2) is 12.2. The summed E-state index contributed by atoms with van der Waals surface area (Å²) < 4.78 is 29.4. The van der Waals surface area contributed by atoms with Crippen LogP contribution in [0.5, 0.6) is 5.75 Å². The number of carbonyl (C=O) groups is 2. The molecule has 0 unspecified atom stereocenters. The number of nitrogens with two attached hydrogens (primary N) is 1. The summed E-state index contributed by atoms with van der Waals surface area (Å²) in [7, 11) is 1.57. The van der Waals surface area contributed by atoms with E-state index in [0.717, 1.165) is 17.2 Å². The molecule has 0 aliphatic rings. The Hall–Kier alpha value is -4.15. The second-order valence-electron chi connectivity index (χ2n) is 11.2. The number of halogens is 1. The Labute approximate surface area is 239 Å². The molecule has 222 valence electrons. The third kappa shape index (κ3) is 6.78. The van der Waals surface area contributed by atoms with E-state index in [-0.39, 0.29) is 34.4 Å². The number of nitrogens with zero attached hydrogens (tertiary/aromatic N) is 3. The molecule has 0 bridgehead atoms. The Morgan fingerprint density at radius 2 is 1.83 bits per heavy atom. The number of hydrogen-bond acceptors (Lipinski definition) is 7. The molecule has 0 saturated heterocycles. The summed E-state index contributed by atoms with van der Waals surface area (Å²) in [6.07, 6.45) is 1.03. The summed E-state index contributed by atoms with van der Waals surface area (Å²) >= 11 is 0. The van der Waals surface area contributed by atoms with Gasteiger partial charge in [0.05, 0.1) is 23.0 Å². The third-order valence-corrected chi connectivity index (χ3v) is 6.62. The van der Waals surface area contributed by atoms with Crippen LogP contribution in [0.1, 0.15) is 87.3 Å².